The van der Waals surface area contributed by atoms with Gasteiger partial charge >= 0.3 is 5.97 Å². The van der Waals surface area contributed by atoms with Gasteiger partial charge in [0.25, 0.3) is 5.91 Å². The van der Waals surface area contributed by atoms with Crippen molar-refractivity contribution in [3.8, 4) is 5.75 Å². The summed E-state index contributed by atoms with van der Waals surface area (Å²) in [5.41, 5.74) is 0.721. The number of likely N-dealkylation sites (tertiary alicyclic amines) is 1. The molecule has 2 heterocycles. The van der Waals surface area contributed by atoms with Crippen molar-refractivity contribution >= 4 is 11.9 Å². The Balaban J connectivity index is 1.62. The minimum Gasteiger partial charge on any atom is -0.476 e. The first-order valence-corrected chi connectivity index (χ1v) is 10.5. The fraction of sp³-hybridized carbons (Fsp3) is 0.458. The Kier molecular flexibility index (Phi) is 6.75. The second kappa shape index (κ2) is 9.28. The van der Waals surface area contributed by atoms with Crippen LogP contribution in [-0.4, -0.2) is 46.6 Å². The highest BCUT2D eigenvalue weighted by Crippen LogP contribution is 2.31. The molecule has 160 valence electrons. The highest BCUT2D eigenvalue weighted by atomic mass is 16.6. The summed E-state index contributed by atoms with van der Waals surface area (Å²) in [4.78, 5) is 30.8. The van der Waals surface area contributed by atoms with E-state index in [9.17, 15) is 9.59 Å². The number of benzene rings is 1. The van der Waals surface area contributed by atoms with Crippen LogP contribution >= 0.6 is 0 Å². The van der Waals surface area contributed by atoms with E-state index >= 15 is 0 Å². The molecule has 0 unspecified atom stereocenters. The summed E-state index contributed by atoms with van der Waals surface area (Å²) >= 11 is 0. The predicted molar refractivity (Wildman–Crippen MR) is 114 cm³/mol. The van der Waals surface area contributed by atoms with Gasteiger partial charge in [0.2, 0.25) is 0 Å². The highest BCUT2D eigenvalue weighted by molar-refractivity contribution is 5.93. The van der Waals surface area contributed by atoms with Crippen molar-refractivity contribution in [2.75, 3.05) is 13.1 Å². The van der Waals surface area contributed by atoms with E-state index in [4.69, 9.17) is 9.47 Å². The minimum absolute atomic E-state index is 0.0315. The Morgan fingerprint density at radius 2 is 1.87 bits per heavy atom. The molecule has 30 heavy (non-hydrogen) atoms. The average Bonchev–Trinajstić information content (AvgIpc) is 2.73. The van der Waals surface area contributed by atoms with Crippen molar-refractivity contribution in [2.45, 2.75) is 58.2 Å². The lowest BCUT2D eigenvalue weighted by atomic mass is 9.89. The van der Waals surface area contributed by atoms with E-state index in [0.29, 0.717) is 30.3 Å². The molecule has 0 saturated carbocycles. The van der Waals surface area contributed by atoms with Crippen LogP contribution in [0.5, 0.6) is 5.75 Å². The summed E-state index contributed by atoms with van der Waals surface area (Å²) in [5.74, 6) is 0.637. The van der Waals surface area contributed by atoms with Gasteiger partial charge in [0.1, 0.15) is 5.75 Å². The molecule has 0 spiro atoms. The number of rotatable bonds is 6. The molecular weight excluding hydrogens is 380 g/mol. The van der Waals surface area contributed by atoms with Gasteiger partial charge in [-0.2, -0.15) is 0 Å². The van der Waals surface area contributed by atoms with E-state index in [2.05, 4.69) is 11.1 Å². The monoisotopic (exact) mass is 410 g/mol. The maximum atomic E-state index is 12.6. The molecule has 0 atom stereocenters. The second-order valence-electron chi connectivity index (χ2n) is 8.45. The first kappa shape index (κ1) is 21.8. The van der Waals surface area contributed by atoms with Crippen LogP contribution < -0.4 is 4.74 Å². The molecule has 1 aromatic carbocycles. The van der Waals surface area contributed by atoms with Gasteiger partial charge in [-0.1, -0.05) is 12.1 Å². The third kappa shape index (κ3) is 5.38. The van der Waals surface area contributed by atoms with Gasteiger partial charge in [-0.05, 0) is 76.3 Å². The number of piperidine rings is 1. The molecule has 0 aliphatic carbocycles. The first-order valence-electron chi connectivity index (χ1n) is 10.5. The molecule has 2 aromatic rings. The summed E-state index contributed by atoms with van der Waals surface area (Å²) in [5, 5.41) is 0. The molecular formula is C24H30N2O4. The minimum atomic E-state index is -1.07. The number of aromatic nitrogens is 1. The van der Waals surface area contributed by atoms with E-state index in [1.807, 2.05) is 36.9 Å². The summed E-state index contributed by atoms with van der Waals surface area (Å²) in [6.45, 7) is 8.48. The van der Waals surface area contributed by atoms with Crippen LogP contribution in [-0.2, 0) is 9.53 Å². The quantitative estimate of drug-likeness (QED) is 0.667. The molecule has 1 aromatic heterocycles. The summed E-state index contributed by atoms with van der Waals surface area (Å²) in [6.07, 6.45) is 4.86. The van der Waals surface area contributed by atoms with Crippen LogP contribution in [0.2, 0.25) is 0 Å². The lowest BCUT2D eigenvalue weighted by Crippen LogP contribution is -2.41. The van der Waals surface area contributed by atoms with E-state index in [1.54, 1.807) is 38.4 Å². The van der Waals surface area contributed by atoms with Gasteiger partial charge in [0.05, 0.1) is 11.7 Å². The van der Waals surface area contributed by atoms with Crippen molar-refractivity contribution in [1.82, 2.24) is 9.88 Å². The number of esters is 1. The van der Waals surface area contributed by atoms with Crippen molar-refractivity contribution in [3.63, 3.8) is 0 Å². The summed E-state index contributed by atoms with van der Waals surface area (Å²) in [7, 11) is 0. The summed E-state index contributed by atoms with van der Waals surface area (Å²) in [6, 6.07) is 11.5. The SMILES string of the molecule is CC(C)OC(=O)C(C)(C)Oc1cccc(C2CCN(C(=O)c3cccnc3)CC2)c1. The molecule has 0 radical (unpaired) electrons. The third-order valence-electron chi connectivity index (χ3n) is 5.23. The lowest BCUT2D eigenvalue weighted by molar-refractivity contribution is -0.163. The van der Waals surface area contributed by atoms with Crippen molar-refractivity contribution in [1.29, 1.82) is 0 Å². The van der Waals surface area contributed by atoms with E-state index in [0.717, 1.165) is 18.4 Å². The van der Waals surface area contributed by atoms with E-state index in [-0.39, 0.29) is 18.0 Å². The van der Waals surface area contributed by atoms with E-state index < -0.39 is 5.60 Å². The highest BCUT2D eigenvalue weighted by Gasteiger charge is 2.33. The van der Waals surface area contributed by atoms with Crippen LogP contribution in [0.15, 0.2) is 48.8 Å². The molecule has 1 aliphatic rings. The van der Waals surface area contributed by atoms with Crippen LogP contribution in [0.1, 0.15) is 62.4 Å². The largest absolute Gasteiger partial charge is 0.476 e. The molecule has 1 saturated heterocycles. The number of carbonyl (C=O) groups excluding carboxylic acids is 2. The standard InChI is InChI=1S/C24H30N2O4/c1-17(2)29-23(28)24(3,4)30-21-9-5-7-19(15-21)18-10-13-26(14-11-18)22(27)20-8-6-12-25-16-20/h5-9,12,15-18H,10-11,13-14H2,1-4H3. The maximum absolute atomic E-state index is 12.6. The molecule has 0 N–H and O–H groups in total. The zero-order valence-corrected chi connectivity index (χ0v) is 18.1. The molecule has 1 amide bonds. The Labute approximate surface area is 178 Å². The smallest absolute Gasteiger partial charge is 0.350 e. The van der Waals surface area contributed by atoms with Gasteiger partial charge < -0.3 is 14.4 Å². The van der Waals surface area contributed by atoms with Gasteiger partial charge in [-0.25, -0.2) is 4.79 Å². The van der Waals surface area contributed by atoms with E-state index in [1.165, 1.54) is 0 Å². The lowest BCUT2D eigenvalue weighted by Gasteiger charge is -2.32. The molecule has 6 nitrogen and oxygen atoms in total. The Hall–Kier alpha value is -2.89. The normalized spacial score (nSPS) is 15.2. The van der Waals surface area contributed by atoms with Crippen molar-refractivity contribution < 1.29 is 19.1 Å². The second-order valence-corrected chi connectivity index (χ2v) is 8.45. The number of pyridine rings is 1. The van der Waals surface area contributed by atoms with Crippen LogP contribution in [0.4, 0.5) is 0 Å². The molecule has 0 bridgehead atoms. The zero-order valence-electron chi connectivity index (χ0n) is 18.1. The Bertz CT molecular complexity index is 872. The Morgan fingerprint density at radius 1 is 1.13 bits per heavy atom. The van der Waals surface area contributed by atoms with Crippen LogP contribution in [0, 0.1) is 0 Å². The van der Waals surface area contributed by atoms with Crippen LogP contribution in [0.25, 0.3) is 0 Å². The number of nitrogens with zero attached hydrogens (tertiary/aromatic N) is 2. The fourth-order valence-corrected chi connectivity index (χ4v) is 3.61. The molecule has 3 rings (SSSR count). The average molecular weight is 411 g/mol. The third-order valence-corrected chi connectivity index (χ3v) is 5.23. The molecule has 6 heteroatoms. The van der Waals surface area contributed by atoms with Crippen molar-refractivity contribution in [2.24, 2.45) is 0 Å². The zero-order chi connectivity index (χ0) is 21.7. The topological polar surface area (TPSA) is 68.7 Å². The summed E-state index contributed by atoms with van der Waals surface area (Å²) < 4.78 is 11.3. The van der Waals surface area contributed by atoms with Gasteiger partial charge in [0, 0.05) is 25.5 Å². The van der Waals surface area contributed by atoms with Crippen molar-refractivity contribution in [3.05, 3.63) is 59.9 Å². The Morgan fingerprint density at radius 3 is 2.50 bits per heavy atom. The molecule has 1 fully saturated rings. The fourth-order valence-electron chi connectivity index (χ4n) is 3.61. The number of carbonyl (C=O) groups is 2. The van der Waals surface area contributed by atoms with Gasteiger partial charge in [0.15, 0.2) is 5.60 Å². The van der Waals surface area contributed by atoms with Gasteiger partial charge in [-0.15, -0.1) is 0 Å². The maximum Gasteiger partial charge on any atom is 0.350 e. The number of hydrogen-bond acceptors (Lipinski definition) is 5. The number of amides is 1. The van der Waals surface area contributed by atoms with Gasteiger partial charge in [-0.3, -0.25) is 9.78 Å². The molecule has 1 aliphatic heterocycles. The van der Waals surface area contributed by atoms with Crippen LogP contribution in [0.3, 0.4) is 0 Å². The number of hydrogen-bond donors (Lipinski definition) is 0. The predicted octanol–water partition coefficient (Wildman–Crippen LogP) is 4.21. The first-order chi connectivity index (χ1) is 14.3. The number of ether oxygens (including phenoxy) is 2.